The lowest BCUT2D eigenvalue weighted by molar-refractivity contribution is 0.443. The maximum atomic E-state index is 5.92. The van der Waals surface area contributed by atoms with E-state index in [0.29, 0.717) is 23.7 Å². The summed E-state index contributed by atoms with van der Waals surface area (Å²) in [6.07, 6.45) is 27.1. The third kappa shape index (κ3) is 6.62. The van der Waals surface area contributed by atoms with Crippen LogP contribution in [0, 0.1) is 0 Å². The van der Waals surface area contributed by atoms with Crippen LogP contribution in [0.25, 0.3) is 11.0 Å². The van der Waals surface area contributed by atoms with Gasteiger partial charge in [0.15, 0.2) is 0 Å². The van der Waals surface area contributed by atoms with Crippen molar-refractivity contribution in [2.24, 2.45) is 0 Å². The first kappa shape index (κ1) is 40.1. The number of fused-ring (bicyclic) bond motifs is 11. The zero-order valence-corrected chi connectivity index (χ0v) is 40.3. The maximum absolute atomic E-state index is 5.92. The van der Waals surface area contributed by atoms with Crippen molar-refractivity contribution in [2.45, 2.75) is 192 Å². The fraction of sp³-hybridized carbons (Fsp3) is 0.429. The summed E-state index contributed by atoms with van der Waals surface area (Å²) in [6.45, 7) is 0.364. The van der Waals surface area contributed by atoms with Crippen molar-refractivity contribution in [3.63, 3.8) is 0 Å². The number of rotatable bonds is 4. The summed E-state index contributed by atoms with van der Waals surface area (Å²) in [5.74, 6) is 2.71. The quantitative estimate of drug-likeness (QED) is 0.163. The van der Waals surface area contributed by atoms with Gasteiger partial charge < -0.3 is 0 Å². The molecule has 0 N–H and O–H groups in total. The van der Waals surface area contributed by atoms with Crippen LogP contribution in [-0.4, -0.2) is 23.4 Å². The van der Waals surface area contributed by atoms with Crippen LogP contribution in [0.5, 0.6) is 0 Å². The molecule has 0 bridgehead atoms. The number of nitrogens with zero attached hydrogens (tertiary/aromatic N) is 2. The van der Waals surface area contributed by atoms with Gasteiger partial charge in [-0.15, -0.1) is 0 Å². The Kier molecular flexibility index (Phi) is 10.2. The molecule has 0 spiro atoms. The van der Waals surface area contributed by atoms with Gasteiger partial charge in [0.05, 0.1) is 10.1 Å². The number of pyridine rings is 2. The molecule has 0 unspecified atom stereocenters. The monoisotopic (exact) mass is 906 g/mol. The molecule has 2 nitrogen and oxygen atoms in total. The minimum atomic E-state index is 0.182. The standard InChI is InChI=1S/C56H56B2N2S4/c1-5-13-33(14-6-1)37-21-25-45-41(29-37)57-43-31-39(35-17-9-3-10-18-35)23-27-47(43)63-55-49(57)53(61-45)51-52(59-55)54-50-56(60-51)64-48-28-24-40(36-19-11-4-12-20-36)32-44(48)58(50)42-30-38(22-26-46(42)62-54)34-15-7-2-8-16-34/h21-36H,1-20H2. The summed E-state index contributed by atoms with van der Waals surface area (Å²) in [5, 5.41) is 2.42. The average molecular weight is 907 g/mol. The van der Waals surface area contributed by atoms with Gasteiger partial charge in [-0.1, -0.05) is 194 Å². The van der Waals surface area contributed by atoms with Crippen molar-refractivity contribution >= 4 is 104 Å². The van der Waals surface area contributed by atoms with Gasteiger partial charge >= 0.3 is 0 Å². The zero-order valence-electron chi connectivity index (χ0n) is 37.1. The Morgan fingerprint density at radius 2 is 0.625 bits per heavy atom. The van der Waals surface area contributed by atoms with Crippen molar-refractivity contribution in [2.75, 3.05) is 0 Å². The van der Waals surface area contributed by atoms with Gasteiger partial charge in [0.25, 0.3) is 0 Å². The molecule has 6 aromatic rings. The third-order valence-corrected chi connectivity index (χ3v) is 21.7. The van der Waals surface area contributed by atoms with E-state index in [9.17, 15) is 0 Å². The van der Waals surface area contributed by atoms with Gasteiger partial charge in [-0.3, -0.25) is 0 Å². The Morgan fingerprint density at radius 3 is 0.922 bits per heavy atom. The van der Waals surface area contributed by atoms with E-state index >= 15 is 0 Å². The molecule has 6 heterocycles. The van der Waals surface area contributed by atoms with Crippen LogP contribution in [-0.2, 0) is 0 Å². The highest BCUT2D eigenvalue weighted by atomic mass is 32.2. The molecule has 14 rings (SSSR count). The van der Waals surface area contributed by atoms with E-state index in [4.69, 9.17) is 9.97 Å². The lowest BCUT2D eigenvalue weighted by atomic mass is 9.36. The van der Waals surface area contributed by atoms with Crippen LogP contribution >= 0.6 is 47.0 Å². The molecule has 4 aliphatic carbocycles. The third-order valence-electron chi connectivity index (χ3n) is 17.1. The molecule has 0 radical (unpaired) electrons. The summed E-state index contributed by atoms with van der Waals surface area (Å²) >= 11 is 7.90. The SMILES string of the molecule is c1cc2c(cc1C1CCCCC1)B1c3cc(C4CCCCC4)ccc3Sc3c1c(nc1c4c5c(nc31)Sc1ccc(C3CCCCC3)cc1B5c1cc(C3CCCCC3)ccc1S4)S2. The minimum absolute atomic E-state index is 0.182. The average Bonchev–Trinajstić information content (AvgIpc) is 3.37. The fourth-order valence-corrected chi connectivity index (χ4v) is 18.5. The van der Waals surface area contributed by atoms with E-state index in [1.165, 1.54) is 201 Å². The number of aromatic nitrogens is 2. The largest absolute Gasteiger partial charge is 0.249 e. The Hall–Kier alpha value is -3.03. The molecule has 8 heteroatoms. The molecule has 4 aliphatic heterocycles. The van der Waals surface area contributed by atoms with Gasteiger partial charge in [-0.05, 0) is 132 Å². The summed E-state index contributed by atoms with van der Waals surface area (Å²) in [4.78, 5) is 20.2. The van der Waals surface area contributed by atoms with E-state index in [2.05, 4.69) is 72.8 Å². The van der Waals surface area contributed by atoms with Crippen LogP contribution in [0.4, 0.5) is 0 Å². The van der Waals surface area contributed by atoms with Gasteiger partial charge in [-0.25, -0.2) is 9.97 Å². The van der Waals surface area contributed by atoms with Gasteiger partial charge in [-0.2, -0.15) is 0 Å². The van der Waals surface area contributed by atoms with Crippen LogP contribution in [0.1, 0.15) is 174 Å². The minimum Gasteiger partial charge on any atom is -0.239 e. The van der Waals surface area contributed by atoms with Crippen LogP contribution in [0.2, 0.25) is 0 Å². The second-order valence-electron chi connectivity index (χ2n) is 20.8. The molecule has 0 amide bonds. The number of hydrogen-bond acceptors (Lipinski definition) is 6. The predicted molar refractivity (Wildman–Crippen MR) is 274 cm³/mol. The van der Waals surface area contributed by atoms with E-state index in [1.807, 2.05) is 47.0 Å². The smallest absolute Gasteiger partial charge is 0.239 e. The van der Waals surface area contributed by atoms with Crippen molar-refractivity contribution < 1.29 is 0 Å². The lowest BCUT2D eigenvalue weighted by Crippen LogP contribution is -2.59. The highest BCUT2D eigenvalue weighted by Gasteiger charge is 2.45. The molecule has 0 saturated heterocycles. The van der Waals surface area contributed by atoms with E-state index in [-0.39, 0.29) is 13.4 Å². The lowest BCUT2D eigenvalue weighted by Gasteiger charge is -2.37. The highest BCUT2D eigenvalue weighted by Crippen LogP contribution is 2.48. The summed E-state index contributed by atoms with van der Waals surface area (Å²) in [5.41, 5.74) is 17.4. The molecule has 320 valence electrons. The van der Waals surface area contributed by atoms with Crippen molar-refractivity contribution in [3.8, 4) is 0 Å². The van der Waals surface area contributed by atoms with E-state index < -0.39 is 0 Å². The summed E-state index contributed by atoms with van der Waals surface area (Å²) in [7, 11) is 0. The Morgan fingerprint density at radius 1 is 0.344 bits per heavy atom. The van der Waals surface area contributed by atoms with Crippen molar-refractivity contribution in [1.82, 2.24) is 9.97 Å². The molecule has 4 fully saturated rings. The van der Waals surface area contributed by atoms with Gasteiger partial charge in [0, 0.05) is 29.4 Å². The molecular weight excluding hydrogens is 851 g/mol. The van der Waals surface area contributed by atoms with Gasteiger partial charge in [0.2, 0.25) is 13.4 Å². The van der Waals surface area contributed by atoms with Crippen molar-refractivity contribution in [3.05, 3.63) is 95.1 Å². The normalized spacial score (nSPS) is 20.9. The second-order valence-corrected chi connectivity index (χ2v) is 25.0. The first-order valence-electron chi connectivity index (χ1n) is 25.4. The number of hydrogen-bond donors (Lipinski definition) is 0. The molecule has 4 saturated carbocycles. The molecular formula is C56H56B2N2S4. The Bertz CT molecular complexity index is 2620. The Labute approximate surface area is 398 Å². The summed E-state index contributed by atoms with van der Waals surface area (Å²) in [6, 6.07) is 30.6. The molecule has 8 aliphatic rings. The molecule has 0 atom stereocenters. The van der Waals surface area contributed by atoms with E-state index in [1.54, 1.807) is 22.3 Å². The van der Waals surface area contributed by atoms with Crippen LogP contribution < -0.4 is 32.8 Å². The van der Waals surface area contributed by atoms with Crippen LogP contribution in [0.15, 0.2) is 112 Å². The zero-order chi connectivity index (χ0) is 41.9. The Balaban J connectivity index is 0.966. The number of benzene rings is 4. The first-order valence-corrected chi connectivity index (χ1v) is 28.6. The second kappa shape index (κ2) is 16.3. The molecule has 64 heavy (non-hydrogen) atoms. The predicted octanol–water partition coefficient (Wildman–Crippen LogP) is 12.7. The molecule has 2 aromatic heterocycles. The van der Waals surface area contributed by atoms with Crippen molar-refractivity contribution in [1.29, 1.82) is 0 Å². The topological polar surface area (TPSA) is 25.8 Å². The molecule has 4 aromatic carbocycles. The maximum Gasteiger partial charge on any atom is 0.249 e. The van der Waals surface area contributed by atoms with E-state index in [0.717, 1.165) is 11.0 Å². The fourth-order valence-electron chi connectivity index (χ4n) is 13.8. The highest BCUT2D eigenvalue weighted by molar-refractivity contribution is 8.02. The van der Waals surface area contributed by atoms with Gasteiger partial charge in [0.1, 0.15) is 11.0 Å². The summed E-state index contributed by atoms with van der Waals surface area (Å²) < 4.78 is 0. The van der Waals surface area contributed by atoms with Crippen LogP contribution in [0.3, 0.4) is 0 Å². The first-order chi connectivity index (χ1) is 31.7.